The van der Waals surface area contributed by atoms with Crippen LogP contribution < -0.4 is 5.32 Å². The Bertz CT molecular complexity index is 356. The van der Waals surface area contributed by atoms with Crippen LogP contribution in [0.2, 0.25) is 5.02 Å². The molecule has 1 aromatic carbocycles. The standard InChI is InChI=1S/C14H20ClN/c1-11(2)7-8-14(9-16-10-14)12-5-3-4-6-13(12)15/h3-6,11,16H,7-10H2,1-2H3. The molecule has 0 amide bonds. The Hall–Kier alpha value is -0.530. The number of halogens is 1. The Balaban J connectivity index is 2.18. The number of hydrogen-bond acceptors (Lipinski definition) is 1. The Kier molecular flexibility index (Phi) is 3.56. The average molecular weight is 238 g/mol. The molecule has 1 N–H and O–H groups in total. The Morgan fingerprint density at radius 3 is 2.50 bits per heavy atom. The Morgan fingerprint density at radius 1 is 1.31 bits per heavy atom. The van der Waals surface area contributed by atoms with E-state index in [1.54, 1.807) is 0 Å². The SMILES string of the molecule is CC(C)CCC1(c2ccccc2Cl)CNC1. The molecule has 0 bridgehead atoms. The zero-order chi connectivity index (χ0) is 11.6. The van der Waals surface area contributed by atoms with Gasteiger partial charge in [0, 0.05) is 23.5 Å². The molecular formula is C14H20ClN. The van der Waals surface area contributed by atoms with Crippen molar-refractivity contribution in [2.24, 2.45) is 5.92 Å². The number of rotatable bonds is 4. The highest BCUT2D eigenvalue weighted by Gasteiger charge is 2.39. The minimum absolute atomic E-state index is 0.294. The first-order chi connectivity index (χ1) is 7.64. The summed E-state index contributed by atoms with van der Waals surface area (Å²) in [7, 11) is 0. The third-order valence-corrected chi connectivity index (χ3v) is 3.90. The van der Waals surface area contributed by atoms with Gasteiger partial charge in [0.05, 0.1) is 0 Å². The second-order valence-electron chi connectivity index (χ2n) is 5.30. The highest BCUT2D eigenvalue weighted by molar-refractivity contribution is 6.31. The minimum atomic E-state index is 0.294. The number of hydrogen-bond donors (Lipinski definition) is 1. The fraction of sp³-hybridized carbons (Fsp3) is 0.571. The summed E-state index contributed by atoms with van der Waals surface area (Å²) >= 11 is 6.31. The predicted molar refractivity (Wildman–Crippen MR) is 70.1 cm³/mol. The highest BCUT2D eigenvalue weighted by atomic mass is 35.5. The predicted octanol–water partition coefficient (Wildman–Crippen LogP) is 3.62. The van der Waals surface area contributed by atoms with Gasteiger partial charge in [-0.15, -0.1) is 0 Å². The van der Waals surface area contributed by atoms with Crippen LogP contribution >= 0.6 is 11.6 Å². The quantitative estimate of drug-likeness (QED) is 0.844. The molecular weight excluding hydrogens is 218 g/mol. The maximum absolute atomic E-state index is 6.31. The van der Waals surface area contributed by atoms with Crippen LogP contribution in [-0.4, -0.2) is 13.1 Å². The molecule has 2 heteroatoms. The molecule has 0 radical (unpaired) electrons. The van der Waals surface area contributed by atoms with E-state index in [2.05, 4.69) is 31.3 Å². The molecule has 1 nitrogen and oxygen atoms in total. The lowest BCUT2D eigenvalue weighted by atomic mass is 9.71. The molecule has 0 saturated carbocycles. The van der Waals surface area contributed by atoms with Crippen LogP contribution in [0, 0.1) is 5.92 Å². The first-order valence-electron chi connectivity index (χ1n) is 6.10. The van der Waals surface area contributed by atoms with Crippen molar-refractivity contribution in [1.82, 2.24) is 5.32 Å². The molecule has 0 aliphatic carbocycles. The van der Waals surface area contributed by atoms with Crippen molar-refractivity contribution in [2.75, 3.05) is 13.1 Å². The van der Waals surface area contributed by atoms with Crippen LogP contribution in [0.4, 0.5) is 0 Å². The summed E-state index contributed by atoms with van der Waals surface area (Å²) in [6.07, 6.45) is 2.51. The molecule has 88 valence electrons. The normalized spacial score (nSPS) is 18.5. The van der Waals surface area contributed by atoms with E-state index in [1.807, 2.05) is 12.1 Å². The lowest BCUT2D eigenvalue weighted by Gasteiger charge is -2.44. The van der Waals surface area contributed by atoms with E-state index in [-0.39, 0.29) is 0 Å². The molecule has 1 fully saturated rings. The molecule has 1 heterocycles. The topological polar surface area (TPSA) is 12.0 Å². The van der Waals surface area contributed by atoms with Gasteiger partial charge in [0.15, 0.2) is 0 Å². The van der Waals surface area contributed by atoms with Gasteiger partial charge in [0.1, 0.15) is 0 Å². The molecule has 0 atom stereocenters. The lowest BCUT2D eigenvalue weighted by Crippen LogP contribution is -2.57. The van der Waals surface area contributed by atoms with Gasteiger partial charge in [-0.3, -0.25) is 0 Å². The van der Waals surface area contributed by atoms with Crippen molar-refractivity contribution in [3.8, 4) is 0 Å². The number of benzene rings is 1. The molecule has 2 rings (SSSR count). The smallest absolute Gasteiger partial charge is 0.0444 e. The van der Waals surface area contributed by atoms with Gasteiger partial charge < -0.3 is 5.32 Å². The Labute approximate surface area is 103 Å². The van der Waals surface area contributed by atoms with E-state index in [9.17, 15) is 0 Å². The van der Waals surface area contributed by atoms with Crippen molar-refractivity contribution in [3.05, 3.63) is 34.9 Å². The highest BCUT2D eigenvalue weighted by Crippen LogP contribution is 2.38. The fourth-order valence-electron chi connectivity index (χ4n) is 2.38. The van der Waals surface area contributed by atoms with E-state index in [0.29, 0.717) is 5.41 Å². The molecule has 1 aliphatic rings. The first kappa shape index (κ1) is 11.9. The van der Waals surface area contributed by atoms with Gasteiger partial charge in [-0.05, 0) is 24.0 Å². The molecule has 0 unspecified atom stereocenters. The second-order valence-corrected chi connectivity index (χ2v) is 5.70. The van der Waals surface area contributed by atoms with Gasteiger partial charge in [0.25, 0.3) is 0 Å². The fourth-order valence-corrected chi connectivity index (χ4v) is 2.72. The van der Waals surface area contributed by atoms with Crippen LogP contribution in [0.25, 0.3) is 0 Å². The van der Waals surface area contributed by atoms with E-state index in [1.165, 1.54) is 18.4 Å². The van der Waals surface area contributed by atoms with E-state index in [4.69, 9.17) is 11.6 Å². The molecule has 0 aromatic heterocycles. The minimum Gasteiger partial charge on any atom is -0.315 e. The van der Waals surface area contributed by atoms with Crippen molar-refractivity contribution in [1.29, 1.82) is 0 Å². The third kappa shape index (κ3) is 2.26. The van der Waals surface area contributed by atoms with Crippen LogP contribution in [0.3, 0.4) is 0 Å². The largest absolute Gasteiger partial charge is 0.315 e. The van der Waals surface area contributed by atoms with E-state index >= 15 is 0 Å². The van der Waals surface area contributed by atoms with Gasteiger partial charge in [0.2, 0.25) is 0 Å². The maximum atomic E-state index is 6.31. The van der Waals surface area contributed by atoms with Crippen LogP contribution in [0.5, 0.6) is 0 Å². The Morgan fingerprint density at radius 2 is 2.00 bits per heavy atom. The average Bonchev–Trinajstić information content (AvgIpc) is 2.18. The van der Waals surface area contributed by atoms with Gasteiger partial charge >= 0.3 is 0 Å². The van der Waals surface area contributed by atoms with Crippen molar-refractivity contribution >= 4 is 11.6 Å². The molecule has 0 spiro atoms. The summed E-state index contributed by atoms with van der Waals surface area (Å²) in [6.45, 7) is 6.71. The van der Waals surface area contributed by atoms with E-state index < -0.39 is 0 Å². The second kappa shape index (κ2) is 4.77. The zero-order valence-electron chi connectivity index (χ0n) is 10.1. The van der Waals surface area contributed by atoms with Crippen molar-refractivity contribution in [2.45, 2.75) is 32.1 Å². The van der Waals surface area contributed by atoms with E-state index in [0.717, 1.165) is 24.0 Å². The van der Waals surface area contributed by atoms with Gasteiger partial charge in [-0.2, -0.15) is 0 Å². The first-order valence-corrected chi connectivity index (χ1v) is 6.48. The summed E-state index contributed by atoms with van der Waals surface area (Å²) < 4.78 is 0. The summed E-state index contributed by atoms with van der Waals surface area (Å²) in [6, 6.07) is 8.29. The zero-order valence-corrected chi connectivity index (χ0v) is 10.8. The number of nitrogens with one attached hydrogen (secondary N) is 1. The monoisotopic (exact) mass is 237 g/mol. The van der Waals surface area contributed by atoms with Crippen LogP contribution in [0.15, 0.2) is 24.3 Å². The molecule has 1 aromatic rings. The molecule has 16 heavy (non-hydrogen) atoms. The van der Waals surface area contributed by atoms with Gasteiger partial charge in [-0.25, -0.2) is 0 Å². The summed E-state index contributed by atoms with van der Waals surface area (Å²) in [5.41, 5.74) is 1.62. The lowest BCUT2D eigenvalue weighted by molar-refractivity contribution is 0.241. The van der Waals surface area contributed by atoms with Crippen molar-refractivity contribution < 1.29 is 0 Å². The maximum Gasteiger partial charge on any atom is 0.0444 e. The van der Waals surface area contributed by atoms with Crippen molar-refractivity contribution in [3.63, 3.8) is 0 Å². The van der Waals surface area contributed by atoms with Crippen LogP contribution in [0.1, 0.15) is 32.3 Å². The van der Waals surface area contributed by atoms with Crippen LogP contribution in [-0.2, 0) is 5.41 Å². The summed E-state index contributed by atoms with van der Waals surface area (Å²) in [5, 5.41) is 4.32. The third-order valence-electron chi connectivity index (χ3n) is 3.57. The van der Waals surface area contributed by atoms with Gasteiger partial charge in [-0.1, -0.05) is 50.1 Å². The summed E-state index contributed by atoms with van der Waals surface area (Å²) in [5.74, 6) is 0.764. The molecule has 1 aliphatic heterocycles. The summed E-state index contributed by atoms with van der Waals surface area (Å²) in [4.78, 5) is 0. The molecule has 1 saturated heterocycles.